The van der Waals surface area contributed by atoms with Crippen molar-refractivity contribution in [2.75, 3.05) is 23.3 Å². The van der Waals surface area contributed by atoms with E-state index in [0.29, 0.717) is 11.4 Å². The van der Waals surface area contributed by atoms with Gasteiger partial charge in [-0.3, -0.25) is 15.1 Å². The van der Waals surface area contributed by atoms with Crippen molar-refractivity contribution in [3.8, 4) is 0 Å². The Hall–Kier alpha value is -3.15. The van der Waals surface area contributed by atoms with Crippen molar-refractivity contribution >= 4 is 27.8 Å². The first-order chi connectivity index (χ1) is 13.1. The molecule has 0 spiro atoms. The van der Waals surface area contributed by atoms with E-state index in [1.54, 1.807) is 18.5 Å². The van der Waals surface area contributed by atoms with Gasteiger partial charge in [-0.15, -0.1) is 0 Å². The number of fused-ring (bicyclic) bond motifs is 1. The highest BCUT2D eigenvalue weighted by Crippen LogP contribution is 2.34. The third kappa shape index (κ3) is 3.56. The number of aromatic nitrogens is 1. The molecule has 0 bridgehead atoms. The van der Waals surface area contributed by atoms with E-state index in [9.17, 15) is 10.1 Å². The third-order valence-corrected chi connectivity index (χ3v) is 5.19. The molecule has 4 rings (SSSR count). The molecule has 2 heterocycles. The highest BCUT2D eigenvalue weighted by molar-refractivity contribution is 5.99. The topological polar surface area (TPSA) is 71.3 Å². The molecule has 6 nitrogen and oxygen atoms in total. The Morgan fingerprint density at radius 3 is 2.70 bits per heavy atom. The Balaban J connectivity index is 1.51. The van der Waals surface area contributed by atoms with Crippen LogP contribution in [0.3, 0.4) is 0 Å². The summed E-state index contributed by atoms with van der Waals surface area (Å²) in [5, 5.41) is 16.4. The number of benzene rings is 2. The van der Waals surface area contributed by atoms with Gasteiger partial charge in [0.05, 0.1) is 10.3 Å². The highest BCUT2D eigenvalue weighted by atomic mass is 16.6. The molecule has 1 aromatic heterocycles. The third-order valence-electron chi connectivity index (χ3n) is 5.19. The van der Waals surface area contributed by atoms with Crippen LogP contribution in [0.25, 0.3) is 10.8 Å². The highest BCUT2D eigenvalue weighted by Gasteiger charge is 2.22. The Morgan fingerprint density at radius 1 is 1.15 bits per heavy atom. The summed E-state index contributed by atoms with van der Waals surface area (Å²) < 4.78 is 0. The Labute approximate surface area is 158 Å². The SMILES string of the molecule is Cc1cccc(NC2CCN(c3ccc([N+](=O)[O-])c4cnccc34)CC2)c1. The first kappa shape index (κ1) is 17.3. The van der Waals surface area contributed by atoms with Gasteiger partial charge in [0.1, 0.15) is 0 Å². The molecule has 6 heteroatoms. The summed E-state index contributed by atoms with van der Waals surface area (Å²) in [6, 6.07) is 14.2. The largest absolute Gasteiger partial charge is 0.382 e. The van der Waals surface area contributed by atoms with E-state index in [2.05, 4.69) is 46.4 Å². The lowest BCUT2D eigenvalue weighted by Gasteiger charge is -2.35. The first-order valence-electron chi connectivity index (χ1n) is 9.21. The predicted molar refractivity (Wildman–Crippen MR) is 108 cm³/mol. The molecule has 1 saturated heterocycles. The van der Waals surface area contributed by atoms with Crippen LogP contribution in [0.1, 0.15) is 18.4 Å². The summed E-state index contributed by atoms with van der Waals surface area (Å²) in [5.74, 6) is 0. The number of nitrogens with one attached hydrogen (secondary N) is 1. The maximum atomic E-state index is 11.3. The van der Waals surface area contributed by atoms with Crippen molar-refractivity contribution in [3.63, 3.8) is 0 Å². The lowest BCUT2D eigenvalue weighted by Crippen LogP contribution is -2.39. The van der Waals surface area contributed by atoms with Gasteiger partial charge in [-0.1, -0.05) is 12.1 Å². The number of piperidine rings is 1. The van der Waals surface area contributed by atoms with Gasteiger partial charge in [0.2, 0.25) is 0 Å². The maximum absolute atomic E-state index is 11.3. The molecule has 1 aliphatic heterocycles. The summed E-state index contributed by atoms with van der Waals surface area (Å²) in [6.45, 7) is 3.93. The summed E-state index contributed by atoms with van der Waals surface area (Å²) in [4.78, 5) is 17.4. The minimum absolute atomic E-state index is 0.109. The fraction of sp³-hybridized carbons (Fsp3) is 0.286. The fourth-order valence-corrected chi connectivity index (χ4v) is 3.83. The minimum Gasteiger partial charge on any atom is -0.382 e. The van der Waals surface area contributed by atoms with Gasteiger partial charge in [0.15, 0.2) is 0 Å². The number of nitro benzene ring substituents is 1. The van der Waals surface area contributed by atoms with Crippen molar-refractivity contribution in [1.82, 2.24) is 4.98 Å². The lowest BCUT2D eigenvalue weighted by atomic mass is 10.0. The van der Waals surface area contributed by atoms with Crippen LogP contribution in [0.15, 0.2) is 54.9 Å². The van der Waals surface area contributed by atoms with Crippen molar-refractivity contribution in [2.24, 2.45) is 0 Å². The monoisotopic (exact) mass is 362 g/mol. The van der Waals surface area contributed by atoms with Crippen LogP contribution < -0.4 is 10.2 Å². The molecule has 2 aromatic carbocycles. The zero-order valence-corrected chi connectivity index (χ0v) is 15.3. The molecule has 138 valence electrons. The van der Waals surface area contributed by atoms with Crippen molar-refractivity contribution < 1.29 is 4.92 Å². The van der Waals surface area contributed by atoms with Crippen molar-refractivity contribution in [1.29, 1.82) is 0 Å². The van der Waals surface area contributed by atoms with Gasteiger partial charge in [-0.05, 0) is 49.6 Å². The predicted octanol–water partition coefficient (Wildman–Crippen LogP) is 4.53. The average molecular weight is 362 g/mol. The molecule has 3 aromatic rings. The molecule has 0 unspecified atom stereocenters. The molecule has 0 atom stereocenters. The van der Waals surface area contributed by atoms with E-state index in [-0.39, 0.29) is 10.6 Å². The van der Waals surface area contributed by atoms with Gasteiger partial charge in [-0.2, -0.15) is 0 Å². The summed E-state index contributed by atoms with van der Waals surface area (Å²) in [5.41, 5.74) is 3.58. The van der Waals surface area contributed by atoms with E-state index in [1.807, 2.05) is 12.1 Å². The van der Waals surface area contributed by atoms with Crippen LogP contribution in [0, 0.1) is 17.0 Å². The number of anilines is 2. The molecular weight excluding hydrogens is 340 g/mol. The number of hydrogen-bond acceptors (Lipinski definition) is 5. The number of non-ortho nitro benzene ring substituents is 1. The smallest absolute Gasteiger partial charge is 0.278 e. The van der Waals surface area contributed by atoms with E-state index < -0.39 is 0 Å². The van der Waals surface area contributed by atoms with Gasteiger partial charge in [0.25, 0.3) is 5.69 Å². The number of nitrogens with zero attached hydrogens (tertiary/aromatic N) is 3. The lowest BCUT2D eigenvalue weighted by molar-refractivity contribution is -0.383. The molecule has 0 radical (unpaired) electrons. The maximum Gasteiger partial charge on any atom is 0.278 e. The molecule has 0 amide bonds. The van der Waals surface area contributed by atoms with Crippen LogP contribution in [-0.4, -0.2) is 29.0 Å². The zero-order chi connectivity index (χ0) is 18.8. The first-order valence-corrected chi connectivity index (χ1v) is 9.21. The van der Waals surface area contributed by atoms with Crippen LogP contribution in [0.4, 0.5) is 17.1 Å². The molecule has 1 N–H and O–H groups in total. The summed E-state index contributed by atoms with van der Waals surface area (Å²) >= 11 is 0. The second-order valence-electron chi connectivity index (χ2n) is 7.06. The van der Waals surface area contributed by atoms with Gasteiger partial charge in [-0.25, -0.2) is 0 Å². The van der Waals surface area contributed by atoms with E-state index in [4.69, 9.17) is 0 Å². The van der Waals surface area contributed by atoms with Crippen LogP contribution in [0.2, 0.25) is 0 Å². The second-order valence-corrected chi connectivity index (χ2v) is 7.06. The molecule has 1 fully saturated rings. The average Bonchev–Trinajstić information content (AvgIpc) is 2.68. The number of hydrogen-bond donors (Lipinski definition) is 1. The number of rotatable bonds is 4. The van der Waals surface area contributed by atoms with Crippen molar-refractivity contribution in [2.45, 2.75) is 25.8 Å². The number of nitro groups is 1. The Kier molecular flexibility index (Phi) is 4.62. The fourth-order valence-electron chi connectivity index (χ4n) is 3.83. The van der Waals surface area contributed by atoms with E-state index >= 15 is 0 Å². The Morgan fingerprint density at radius 2 is 1.96 bits per heavy atom. The van der Waals surface area contributed by atoms with Crippen molar-refractivity contribution in [3.05, 3.63) is 70.5 Å². The van der Waals surface area contributed by atoms with Gasteiger partial charge < -0.3 is 10.2 Å². The quantitative estimate of drug-likeness (QED) is 0.545. The number of pyridine rings is 1. The van der Waals surface area contributed by atoms with E-state index in [1.165, 1.54) is 11.3 Å². The normalized spacial score (nSPS) is 15.1. The minimum atomic E-state index is -0.341. The van der Waals surface area contributed by atoms with Crippen LogP contribution in [-0.2, 0) is 0 Å². The Bertz CT molecular complexity index is 981. The second kappa shape index (κ2) is 7.23. The van der Waals surface area contributed by atoms with Gasteiger partial charge >= 0.3 is 0 Å². The number of aryl methyl sites for hydroxylation is 1. The molecular formula is C21H22N4O2. The molecule has 0 aliphatic carbocycles. The van der Waals surface area contributed by atoms with E-state index in [0.717, 1.165) is 37.0 Å². The molecule has 0 saturated carbocycles. The zero-order valence-electron chi connectivity index (χ0n) is 15.3. The summed E-state index contributed by atoms with van der Waals surface area (Å²) in [7, 11) is 0. The van der Waals surface area contributed by atoms with Gasteiger partial charge in [0, 0.05) is 54.4 Å². The molecule has 1 aliphatic rings. The summed E-state index contributed by atoms with van der Waals surface area (Å²) in [6.07, 6.45) is 5.33. The van der Waals surface area contributed by atoms with Crippen LogP contribution in [0.5, 0.6) is 0 Å². The van der Waals surface area contributed by atoms with Crippen LogP contribution >= 0.6 is 0 Å². The molecule has 27 heavy (non-hydrogen) atoms. The standard InChI is InChI=1S/C21H22N4O2/c1-15-3-2-4-17(13-15)23-16-8-11-24(12-9-16)20-5-6-21(25(26)27)19-14-22-10-7-18(19)20/h2-7,10,13-14,16,23H,8-9,11-12H2,1H3.